The summed E-state index contributed by atoms with van der Waals surface area (Å²) < 4.78 is 11.0. The van der Waals surface area contributed by atoms with Crippen molar-refractivity contribution >= 4 is 23.1 Å². The van der Waals surface area contributed by atoms with E-state index in [0.29, 0.717) is 37.4 Å². The Balaban J connectivity index is 1.31. The van der Waals surface area contributed by atoms with Crippen molar-refractivity contribution in [3.05, 3.63) is 56.8 Å². The van der Waals surface area contributed by atoms with Gasteiger partial charge in [-0.15, -0.1) is 11.3 Å². The molecule has 2 aliphatic rings. The van der Waals surface area contributed by atoms with Crippen molar-refractivity contribution in [3.63, 3.8) is 0 Å². The topological polar surface area (TPSA) is 76.4 Å². The Morgan fingerprint density at radius 2 is 1.94 bits per heavy atom. The van der Waals surface area contributed by atoms with Crippen LogP contribution in [0, 0.1) is 23.2 Å². The lowest BCUT2D eigenvalue weighted by Crippen LogP contribution is -2.23. The second-order valence-electron chi connectivity index (χ2n) is 9.70. The summed E-state index contributed by atoms with van der Waals surface area (Å²) in [5.74, 6) is 0.872. The van der Waals surface area contributed by atoms with E-state index in [2.05, 4.69) is 25.1 Å². The van der Waals surface area contributed by atoms with Crippen LogP contribution in [0.2, 0.25) is 0 Å². The summed E-state index contributed by atoms with van der Waals surface area (Å²) >= 11 is 1.61. The van der Waals surface area contributed by atoms with E-state index in [0.717, 1.165) is 61.3 Å². The van der Waals surface area contributed by atoms with Crippen LogP contribution >= 0.6 is 11.3 Å². The van der Waals surface area contributed by atoms with Crippen molar-refractivity contribution in [1.29, 1.82) is 5.26 Å². The molecule has 1 saturated heterocycles. The van der Waals surface area contributed by atoms with E-state index in [-0.39, 0.29) is 23.6 Å². The summed E-state index contributed by atoms with van der Waals surface area (Å²) in [6, 6.07) is 12.4. The van der Waals surface area contributed by atoms with Crippen molar-refractivity contribution in [1.82, 2.24) is 0 Å². The smallest absolute Gasteiger partial charge is 0.306 e. The van der Waals surface area contributed by atoms with Gasteiger partial charge in [0.15, 0.2) is 0 Å². The molecule has 0 bridgehead atoms. The first-order valence-corrected chi connectivity index (χ1v) is 13.2. The van der Waals surface area contributed by atoms with Crippen molar-refractivity contribution < 1.29 is 19.1 Å². The molecule has 1 aliphatic heterocycles. The van der Waals surface area contributed by atoms with Crippen LogP contribution in [0.4, 0.5) is 0 Å². The van der Waals surface area contributed by atoms with Gasteiger partial charge in [-0.3, -0.25) is 9.59 Å². The molecular formula is C28H33NO4S. The van der Waals surface area contributed by atoms with Gasteiger partial charge in [0.2, 0.25) is 0 Å². The molecule has 0 N–H and O–H groups in total. The molecule has 1 aromatic heterocycles. The first kappa shape index (κ1) is 24.6. The van der Waals surface area contributed by atoms with E-state index in [1.807, 2.05) is 18.2 Å². The van der Waals surface area contributed by atoms with E-state index >= 15 is 0 Å². The van der Waals surface area contributed by atoms with Crippen LogP contribution < -0.4 is 0 Å². The summed E-state index contributed by atoms with van der Waals surface area (Å²) in [6.45, 7) is 3.98. The summed E-state index contributed by atoms with van der Waals surface area (Å²) in [5, 5.41) is 9.80. The van der Waals surface area contributed by atoms with Gasteiger partial charge in [-0.2, -0.15) is 5.26 Å². The molecule has 1 aliphatic carbocycles. The first-order valence-electron chi connectivity index (χ1n) is 12.4. The van der Waals surface area contributed by atoms with E-state index in [4.69, 9.17) is 9.47 Å². The van der Waals surface area contributed by atoms with Gasteiger partial charge in [0.05, 0.1) is 12.2 Å². The SMILES string of the molecule is CC(CC(=O)Cc1sc2c(c1C#N)CCC(COC(=O)CC1CCOCC1)C2)c1ccccc1. The van der Waals surface area contributed by atoms with Crippen LogP contribution in [0.3, 0.4) is 0 Å². The number of benzene rings is 1. The Bertz CT molecular complexity index is 1030. The molecule has 0 amide bonds. The van der Waals surface area contributed by atoms with Gasteiger partial charge in [0.25, 0.3) is 0 Å². The number of nitrogens with zero attached hydrogens (tertiary/aromatic N) is 1. The predicted molar refractivity (Wildman–Crippen MR) is 132 cm³/mol. The lowest BCUT2D eigenvalue weighted by atomic mass is 9.87. The molecule has 0 saturated carbocycles. The van der Waals surface area contributed by atoms with Gasteiger partial charge in [-0.25, -0.2) is 0 Å². The number of Topliss-reactive ketones (excluding diaryl/α,β-unsaturated/α-hetero) is 1. The zero-order chi connectivity index (χ0) is 23.9. The third kappa shape index (κ3) is 6.34. The molecule has 4 rings (SSSR count). The number of hydrogen-bond donors (Lipinski definition) is 0. The lowest BCUT2D eigenvalue weighted by Gasteiger charge is -2.23. The normalized spacial score (nSPS) is 19.1. The number of carbonyl (C=O) groups excluding carboxylic acids is 2. The molecule has 2 heterocycles. The molecule has 6 heteroatoms. The fourth-order valence-electron chi connectivity index (χ4n) is 5.06. The quantitative estimate of drug-likeness (QED) is 0.451. The molecule has 2 unspecified atom stereocenters. The van der Waals surface area contributed by atoms with Gasteiger partial charge < -0.3 is 9.47 Å². The minimum atomic E-state index is -0.111. The monoisotopic (exact) mass is 479 g/mol. The maximum absolute atomic E-state index is 12.8. The third-order valence-electron chi connectivity index (χ3n) is 7.09. The van der Waals surface area contributed by atoms with Crippen LogP contribution in [0.25, 0.3) is 0 Å². The average molecular weight is 480 g/mol. The molecular weight excluding hydrogens is 446 g/mol. The Hall–Kier alpha value is -2.49. The molecule has 0 spiro atoms. The van der Waals surface area contributed by atoms with Crippen molar-refractivity contribution in [2.24, 2.45) is 11.8 Å². The third-order valence-corrected chi connectivity index (χ3v) is 8.34. The number of hydrogen-bond acceptors (Lipinski definition) is 6. The standard InChI is InChI=1S/C28H33NO4S/c1-19(22-5-3-2-4-6-22)13-23(30)16-27-25(17-29)24-8-7-21(14-26(24)34-27)18-33-28(31)15-20-9-11-32-12-10-20/h2-6,19-21H,7-16,18H2,1H3. The van der Waals surface area contributed by atoms with Crippen LogP contribution in [0.15, 0.2) is 30.3 Å². The molecule has 1 fully saturated rings. The van der Waals surface area contributed by atoms with E-state index in [9.17, 15) is 14.9 Å². The second-order valence-corrected chi connectivity index (χ2v) is 10.9. The van der Waals surface area contributed by atoms with E-state index in [1.54, 1.807) is 11.3 Å². The van der Waals surface area contributed by atoms with Gasteiger partial charge in [-0.05, 0) is 61.0 Å². The summed E-state index contributed by atoms with van der Waals surface area (Å²) in [6.07, 6.45) is 5.66. The molecule has 34 heavy (non-hydrogen) atoms. The number of fused-ring (bicyclic) bond motifs is 1. The molecule has 180 valence electrons. The zero-order valence-corrected chi connectivity index (χ0v) is 20.7. The Morgan fingerprint density at radius 1 is 1.18 bits per heavy atom. The first-order chi connectivity index (χ1) is 16.5. The maximum atomic E-state index is 12.8. The Morgan fingerprint density at radius 3 is 2.68 bits per heavy atom. The zero-order valence-electron chi connectivity index (χ0n) is 19.9. The largest absolute Gasteiger partial charge is 0.465 e. The number of ether oxygens (including phenoxy) is 2. The molecule has 2 aromatic rings. The maximum Gasteiger partial charge on any atom is 0.306 e. The molecule has 0 radical (unpaired) electrons. The number of ketones is 1. The highest BCUT2D eigenvalue weighted by molar-refractivity contribution is 7.12. The minimum absolute atomic E-state index is 0.111. The summed E-state index contributed by atoms with van der Waals surface area (Å²) in [5.41, 5.74) is 2.97. The minimum Gasteiger partial charge on any atom is -0.465 e. The molecule has 2 atom stereocenters. The highest BCUT2D eigenvalue weighted by Crippen LogP contribution is 2.37. The van der Waals surface area contributed by atoms with Crippen LogP contribution in [-0.4, -0.2) is 31.6 Å². The summed E-state index contributed by atoms with van der Waals surface area (Å²) in [7, 11) is 0. The van der Waals surface area contributed by atoms with E-state index in [1.165, 1.54) is 4.88 Å². The van der Waals surface area contributed by atoms with Crippen molar-refractivity contribution in [3.8, 4) is 6.07 Å². The van der Waals surface area contributed by atoms with Gasteiger partial charge in [-0.1, -0.05) is 37.3 Å². The molecule has 5 nitrogen and oxygen atoms in total. The van der Waals surface area contributed by atoms with Gasteiger partial charge in [0.1, 0.15) is 11.9 Å². The number of nitriles is 1. The number of rotatable bonds is 9. The number of esters is 1. The Labute approximate surface area is 206 Å². The highest BCUT2D eigenvalue weighted by atomic mass is 32.1. The van der Waals surface area contributed by atoms with Gasteiger partial charge >= 0.3 is 5.97 Å². The van der Waals surface area contributed by atoms with Crippen molar-refractivity contribution in [2.75, 3.05) is 19.8 Å². The number of carbonyl (C=O) groups is 2. The van der Waals surface area contributed by atoms with Crippen molar-refractivity contribution in [2.45, 2.75) is 64.2 Å². The lowest BCUT2D eigenvalue weighted by molar-refractivity contribution is -0.147. The van der Waals surface area contributed by atoms with Crippen LogP contribution in [0.5, 0.6) is 0 Å². The number of thiophene rings is 1. The van der Waals surface area contributed by atoms with Crippen LogP contribution in [0.1, 0.15) is 71.4 Å². The Kier molecular flexibility index (Phi) is 8.53. The second kappa shape index (κ2) is 11.8. The van der Waals surface area contributed by atoms with E-state index < -0.39 is 0 Å². The predicted octanol–water partition coefficient (Wildman–Crippen LogP) is 5.39. The van der Waals surface area contributed by atoms with Gasteiger partial charge in [0, 0.05) is 42.2 Å². The van der Waals surface area contributed by atoms with Crippen LogP contribution in [-0.2, 0) is 38.3 Å². The average Bonchev–Trinajstić information content (AvgIpc) is 3.19. The highest BCUT2D eigenvalue weighted by Gasteiger charge is 2.28. The fraction of sp³-hybridized carbons (Fsp3) is 0.536. The fourth-order valence-corrected chi connectivity index (χ4v) is 6.50. The summed E-state index contributed by atoms with van der Waals surface area (Å²) in [4.78, 5) is 27.2. The molecule has 1 aromatic carbocycles.